The number of hydrogen-bond acceptors (Lipinski definition) is 5. The van der Waals surface area contributed by atoms with Gasteiger partial charge in [-0.15, -0.1) is 0 Å². The summed E-state index contributed by atoms with van der Waals surface area (Å²) < 4.78 is 0. The minimum atomic E-state index is 0.0892. The average molecular weight is 344 g/mol. The fraction of sp³-hybridized carbons (Fsp3) is 0.444. The molecular weight excluding hydrogens is 322 g/mol. The zero-order valence-electron chi connectivity index (χ0n) is 13.8. The lowest BCUT2D eigenvalue weighted by atomic mass is 9.97. The van der Waals surface area contributed by atoms with Crippen molar-refractivity contribution in [2.75, 3.05) is 26.7 Å². The summed E-state index contributed by atoms with van der Waals surface area (Å²) in [4.78, 5) is 2.44. The van der Waals surface area contributed by atoms with Gasteiger partial charge in [-0.05, 0) is 43.0 Å². The maximum atomic E-state index is 8.96. The summed E-state index contributed by atoms with van der Waals surface area (Å²) in [5.74, 6) is 1.00. The Hall–Kier alpha value is -2.21. The number of rotatable bonds is 6. The molecule has 0 spiro atoms. The first-order chi connectivity index (χ1) is 11.7. The summed E-state index contributed by atoms with van der Waals surface area (Å²) in [6, 6.07) is 11.8. The van der Waals surface area contributed by atoms with Crippen LogP contribution >= 0.6 is 11.6 Å². The fourth-order valence-electron chi connectivity index (χ4n) is 2.99. The van der Waals surface area contributed by atoms with Crippen LogP contribution in [0.3, 0.4) is 0 Å². The number of halogens is 1. The van der Waals surface area contributed by atoms with E-state index in [4.69, 9.17) is 22.1 Å². The molecular formula is C18H22ClN5. The van der Waals surface area contributed by atoms with Gasteiger partial charge in [0.25, 0.3) is 0 Å². The van der Waals surface area contributed by atoms with Crippen molar-refractivity contribution >= 4 is 11.6 Å². The van der Waals surface area contributed by atoms with Crippen LogP contribution in [-0.4, -0.2) is 31.6 Å². The largest absolute Gasteiger partial charge is 0.373 e. The molecule has 0 radical (unpaired) electrons. The Morgan fingerprint density at radius 2 is 2.00 bits per heavy atom. The lowest BCUT2D eigenvalue weighted by molar-refractivity contribution is 0.167. The molecule has 6 heteroatoms. The highest BCUT2D eigenvalue weighted by atomic mass is 35.5. The Morgan fingerprint density at radius 1 is 1.29 bits per heavy atom. The van der Waals surface area contributed by atoms with E-state index < -0.39 is 0 Å². The van der Waals surface area contributed by atoms with Gasteiger partial charge in [-0.25, -0.2) is 0 Å². The van der Waals surface area contributed by atoms with Crippen molar-refractivity contribution in [1.82, 2.24) is 15.5 Å². The van der Waals surface area contributed by atoms with Gasteiger partial charge in [0.15, 0.2) is 5.57 Å². The molecule has 1 fully saturated rings. The highest BCUT2D eigenvalue weighted by molar-refractivity contribution is 6.30. The maximum Gasteiger partial charge on any atom is 0.169 e. The SMILES string of the molecule is CNC(NCC1CCCN(Cc2ccc(Cl)cc2)C1)=C(C#N)C#N. The van der Waals surface area contributed by atoms with Crippen molar-refractivity contribution in [3.8, 4) is 12.1 Å². The van der Waals surface area contributed by atoms with Crippen LogP contribution < -0.4 is 10.6 Å². The van der Waals surface area contributed by atoms with Crippen molar-refractivity contribution < 1.29 is 0 Å². The molecule has 1 aromatic rings. The molecule has 1 saturated heterocycles. The van der Waals surface area contributed by atoms with Crippen molar-refractivity contribution in [2.45, 2.75) is 19.4 Å². The van der Waals surface area contributed by atoms with Crippen molar-refractivity contribution in [2.24, 2.45) is 5.92 Å². The summed E-state index contributed by atoms with van der Waals surface area (Å²) >= 11 is 5.93. The lowest BCUT2D eigenvalue weighted by Crippen LogP contribution is -2.40. The van der Waals surface area contributed by atoms with Gasteiger partial charge in [0.05, 0.1) is 0 Å². The minimum absolute atomic E-state index is 0.0892. The summed E-state index contributed by atoms with van der Waals surface area (Å²) in [6.45, 7) is 3.76. The van der Waals surface area contributed by atoms with Gasteiger partial charge in [0, 0.05) is 31.7 Å². The van der Waals surface area contributed by atoms with Gasteiger partial charge in [-0.1, -0.05) is 23.7 Å². The molecule has 24 heavy (non-hydrogen) atoms. The predicted octanol–water partition coefficient (Wildman–Crippen LogP) is 2.62. The predicted molar refractivity (Wildman–Crippen MR) is 94.8 cm³/mol. The Kier molecular flexibility index (Phi) is 6.93. The molecule has 126 valence electrons. The quantitative estimate of drug-likeness (QED) is 0.777. The number of nitrogens with zero attached hydrogens (tertiary/aromatic N) is 3. The molecule has 0 aliphatic carbocycles. The molecule has 2 rings (SSSR count). The lowest BCUT2D eigenvalue weighted by Gasteiger charge is -2.33. The molecule has 2 N–H and O–H groups in total. The first-order valence-electron chi connectivity index (χ1n) is 8.09. The van der Waals surface area contributed by atoms with E-state index >= 15 is 0 Å². The standard InChI is InChI=1S/C18H22ClN5/c1-22-18(16(9-20)10-21)23-11-15-3-2-8-24(13-15)12-14-4-6-17(19)7-5-14/h4-7,15,22-23H,2-3,8,11-13H2,1H3. The van der Waals surface area contributed by atoms with Gasteiger partial charge >= 0.3 is 0 Å². The van der Waals surface area contributed by atoms with Crippen LogP contribution in [0, 0.1) is 28.6 Å². The van der Waals surface area contributed by atoms with E-state index in [1.54, 1.807) is 7.05 Å². The Balaban J connectivity index is 1.89. The second kappa shape index (κ2) is 9.17. The first kappa shape index (κ1) is 18.1. The highest BCUT2D eigenvalue weighted by Gasteiger charge is 2.20. The molecule has 0 saturated carbocycles. The Bertz CT molecular complexity index is 637. The third-order valence-corrected chi connectivity index (χ3v) is 4.47. The monoisotopic (exact) mass is 343 g/mol. The molecule has 1 unspecified atom stereocenters. The molecule has 0 bridgehead atoms. The number of piperidine rings is 1. The summed E-state index contributed by atoms with van der Waals surface area (Å²) in [5.41, 5.74) is 1.35. The van der Waals surface area contributed by atoms with Crippen LogP contribution in [0.5, 0.6) is 0 Å². The average Bonchev–Trinajstić information content (AvgIpc) is 2.61. The van der Waals surface area contributed by atoms with E-state index in [1.165, 1.54) is 5.56 Å². The third-order valence-electron chi connectivity index (χ3n) is 4.21. The molecule has 1 aliphatic rings. The van der Waals surface area contributed by atoms with E-state index in [2.05, 4.69) is 27.7 Å². The number of likely N-dealkylation sites (tertiary alicyclic amines) is 1. The molecule has 0 amide bonds. The zero-order valence-corrected chi connectivity index (χ0v) is 14.6. The Labute approximate surface area is 148 Å². The summed E-state index contributed by atoms with van der Waals surface area (Å²) in [5, 5.41) is 24.8. The molecule has 1 atom stereocenters. The number of nitrogens with one attached hydrogen (secondary N) is 2. The minimum Gasteiger partial charge on any atom is -0.373 e. The fourth-order valence-corrected chi connectivity index (χ4v) is 3.12. The zero-order chi connectivity index (χ0) is 17.4. The van der Waals surface area contributed by atoms with Gasteiger partial charge in [0.1, 0.15) is 18.0 Å². The van der Waals surface area contributed by atoms with Crippen LogP contribution in [0.2, 0.25) is 5.02 Å². The van der Waals surface area contributed by atoms with Crippen molar-refractivity contribution in [3.05, 3.63) is 46.2 Å². The van der Waals surface area contributed by atoms with Crippen LogP contribution in [0.1, 0.15) is 18.4 Å². The maximum absolute atomic E-state index is 8.96. The topological polar surface area (TPSA) is 74.9 Å². The van der Waals surface area contributed by atoms with Crippen LogP contribution in [-0.2, 0) is 6.54 Å². The summed E-state index contributed by atoms with van der Waals surface area (Å²) in [6.07, 6.45) is 2.30. The number of nitriles is 2. The van der Waals surface area contributed by atoms with Crippen LogP contribution in [0.15, 0.2) is 35.7 Å². The van der Waals surface area contributed by atoms with Gasteiger partial charge in [-0.2, -0.15) is 10.5 Å². The van der Waals surface area contributed by atoms with Crippen molar-refractivity contribution in [1.29, 1.82) is 10.5 Å². The number of hydrogen-bond donors (Lipinski definition) is 2. The molecule has 1 aliphatic heterocycles. The van der Waals surface area contributed by atoms with Crippen LogP contribution in [0.4, 0.5) is 0 Å². The third kappa shape index (κ3) is 5.16. The van der Waals surface area contributed by atoms with Gasteiger partial charge < -0.3 is 10.6 Å². The molecule has 1 aromatic carbocycles. The molecule has 0 aromatic heterocycles. The van der Waals surface area contributed by atoms with Crippen LogP contribution in [0.25, 0.3) is 0 Å². The highest BCUT2D eigenvalue weighted by Crippen LogP contribution is 2.19. The second-order valence-corrected chi connectivity index (χ2v) is 6.41. The van der Waals surface area contributed by atoms with E-state index in [0.717, 1.165) is 44.0 Å². The normalized spacial score (nSPS) is 17.4. The molecule has 5 nitrogen and oxygen atoms in total. The number of allylic oxidation sites excluding steroid dienone is 1. The van der Waals surface area contributed by atoms with E-state index in [0.29, 0.717) is 11.7 Å². The smallest absolute Gasteiger partial charge is 0.169 e. The number of benzene rings is 1. The van der Waals surface area contributed by atoms with Gasteiger partial charge in [-0.3, -0.25) is 4.90 Å². The second-order valence-electron chi connectivity index (χ2n) is 5.97. The summed E-state index contributed by atoms with van der Waals surface area (Å²) in [7, 11) is 1.71. The first-order valence-corrected chi connectivity index (χ1v) is 8.47. The van der Waals surface area contributed by atoms with E-state index in [1.807, 2.05) is 24.3 Å². The van der Waals surface area contributed by atoms with E-state index in [-0.39, 0.29) is 5.57 Å². The van der Waals surface area contributed by atoms with Gasteiger partial charge in [0.2, 0.25) is 0 Å². The molecule has 1 heterocycles. The van der Waals surface area contributed by atoms with Crippen molar-refractivity contribution in [3.63, 3.8) is 0 Å². The Morgan fingerprint density at radius 3 is 2.62 bits per heavy atom. The van der Waals surface area contributed by atoms with E-state index in [9.17, 15) is 0 Å².